The van der Waals surface area contributed by atoms with Gasteiger partial charge in [0.2, 0.25) is 0 Å². The molecule has 2 aromatic rings. The number of nitrogens with one attached hydrogen (secondary N) is 1. The summed E-state index contributed by atoms with van der Waals surface area (Å²) in [5.74, 6) is -0.105. The summed E-state index contributed by atoms with van der Waals surface area (Å²) < 4.78 is 0.730. The lowest BCUT2D eigenvalue weighted by Crippen LogP contribution is -2.22. The Morgan fingerprint density at radius 1 is 1.29 bits per heavy atom. The number of halogens is 2. The number of aromatic nitrogens is 1. The Morgan fingerprint density at radius 2 is 2.00 bits per heavy atom. The van der Waals surface area contributed by atoms with Gasteiger partial charge in [0.1, 0.15) is 0 Å². The van der Waals surface area contributed by atoms with Gasteiger partial charge in [-0.2, -0.15) is 0 Å². The lowest BCUT2D eigenvalue weighted by molar-refractivity contribution is 0.0951. The predicted octanol–water partition coefficient (Wildman–Crippen LogP) is 3.15. The highest BCUT2D eigenvalue weighted by atomic mass is 35.5. The Bertz CT molecular complexity index is 487. The average molecular weight is 289 g/mol. The molecule has 0 aliphatic rings. The van der Waals surface area contributed by atoms with Crippen molar-refractivity contribution in [2.75, 3.05) is 0 Å². The molecule has 0 bridgehead atoms. The zero-order chi connectivity index (χ0) is 11.4. The van der Waals surface area contributed by atoms with Crippen LogP contribution in [-0.4, -0.2) is 10.9 Å². The van der Waals surface area contributed by atoms with E-state index in [0.717, 1.165) is 9.21 Å². The fourth-order valence-electron chi connectivity index (χ4n) is 1.22. The van der Waals surface area contributed by atoms with E-state index >= 15 is 0 Å². The number of nitrogens with zero attached hydrogens (tertiary/aromatic N) is 1. The van der Waals surface area contributed by atoms with Crippen LogP contribution in [0.15, 0.2) is 36.7 Å². The summed E-state index contributed by atoms with van der Waals surface area (Å²) in [6, 6.07) is 7.08. The van der Waals surface area contributed by atoms with Gasteiger partial charge >= 0.3 is 0 Å². The highest BCUT2D eigenvalue weighted by molar-refractivity contribution is 7.16. The molecule has 0 aromatic carbocycles. The Hall–Kier alpha value is -1.10. The molecule has 0 unspecified atom stereocenters. The van der Waals surface area contributed by atoms with E-state index in [1.54, 1.807) is 24.5 Å². The first-order chi connectivity index (χ1) is 7.75. The van der Waals surface area contributed by atoms with Crippen molar-refractivity contribution in [1.82, 2.24) is 10.3 Å². The first kappa shape index (κ1) is 14.0. The van der Waals surface area contributed by atoms with Crippen molar-refractivity contribution in [3.8, 4) is 0 Å². The molecule has 2 heterocycles. The van der Waals surface area contributed by atoms with Crippen LogP contribution in [0.3, 0.4) is 0 Å². The van der Waals surface area contributed by atoms with E-state index in [0.29, 0.717) is 12.1 Å². The van der Waals surface area contributed by atoms with Crippen LogP contribution in [0.4, 0.5) is 0 Å². The Kier molecular flexibility index (Phi) is 5.41. The number of pyridine rings is 1. The molecule has 6 heteroatoms. The summed E-state index contributed by atoms with van der Waals surface area (Å²) in [6.45, 7) is 0.499. The third kappa shape index (κ3) is 4.00. The van der Waals surface area contributed by atoms with Gasteiger partial charge in [0.05, 0.1) is 10.9 Å². The predicted molar refractivity (Wildman–Crippen MR) is 72.0 cm³/mol. The molecular weight excluding hydrogens is 279 g/mol. The molecule has 17 heavy (non-hydrogen) atoms. The lowest BCUT2D eigenvalue weighted by atomic mass is 10.2. The number of carbonyl (C=O) groups excluding carboxylic acids is 1. The molecule has 3 nitrogen and oxygen atoms in total. The van der Waals surface area contributed by atoms with Gasteiger partial charge < -0.3 is 5.32 Å². The number of thiophene rings is 1. The van der Waals surface area contributed by atoms with Crippen molar-refractivity contribution >= 4 is 41.3 Å². The van der Waals surface area contributed by atoms with Crippen LogP contribution in [0, 0.1) is 0 Å². The SMILES string of the molecule is Cl.O=C(NCc1ccc(Cl)s1)c1ccncc1. The summed E-state index contributed by atoms with van der Waals surface area (Å²) in [4.78, 5) is 16.5. The van der Waals surface area contributed by atoms with Crippen molar-refractivity contribution < 1.29 is 4.79 Å². The number of hydrogen-bond acceptors (Lipinski definition) is 3. The van der Waals surface area contributed by atoms with Gasteiger partial charge in [0, 0.05) is 22.8 Å². The Morgan fingerprint density at radius 3 is 2.59 bits per heavy atom. The molecule has 0 atom stereocenters. The number of carbonyl (C=O) groups is 1. The van der Waals surface area contributed by atoms with E-state index < -0.39 is 0 Å². The second-order valence-corrected chi connectivity index (χ2v) is 4.92. The molecule has 0 aliphatic heterocycles. The molecule has 0 saturated carbocycles. The minimum atomic E-state index is -0.105. The van der Waals surface area contributed by atoms with Crippen molar-refractivity contribution in [3.63, 3.8) is 0 Å². The van der Waals surface area contributed by atoms with Gasteiger partial charge in [-0.05, 0) is 24.3 Å². The van der Waals surface area contributed by atoms with Crippen LogP contribution in [0.25, 0.3) is 0 Å². The first-order valence-electron chi connectivity index (χ1n) is 4.68. The maximum absolute atomic E-state index is 11.7. The lowest BCUT2D eigenvalue weighted by Gasteiger charge is -2.02. The molecular formula is C11H10Cl2N2OS. The second kappa shape index (κ2) is 6.59. The first-order valence-corrected chi connectivity index (χ1v) is 5.87. The van der Waals surface area contributed by atoms with Gasteiger partial charge in [-0.25, -0.2) is 0 Å². The largest absolute Gasteiger partial charge is 0.347 e. The van der Waals surface area contributed by atoms with Crippen LogP contribution in [0.1, 0.15) is 15.2 Å². The topological polar surface area (TPSA) is 42.0 Å². The molecule has 90 valence electrons. The van der Waals surface area contributed by atoms with Crippen LogP contribution in [-0.2, 0) is 6.54 Å². The molecule has 1 amide bonds. The highest BCUT2D eigenvalue weighted by Gasteiger charge is 2.05. The van der Waals surface area contributed by atoms with Crippen LogP contribution < -0.4 is 5.32 Å². The summed E-state index contributed by atoms with van der Waals surface area (Å²) in [6.07, 6.45) is 3.19. The van der Waals surface area contributed by atoms with Crippen molar-refractivity contribution in [2.45, 2.75) is 6.54 Å². The number of amides is 1. The summed E-state index contributed by atoms with van der Waals surface area (Å²) in [5, 5.41) is 2.81. The summed E-state index contributed by atoms with van der Waals surface area (Å²) in [5.41, 5.74) is 0.609. The molecule has 0 aliphatic carbocycles. The van der Waals surface area contributed by atoms with E-state index in [9.17, 15) is 4.79 Å². The van der Waals surface area contributed by atoms with E-state index in [-0.39, 0.29) is 18.3 Å². The third-order valence-corrected chi connectivity index (χ3v) is 3.23. The minimum Gasteiger partial charge on any atom is -0.347 e. The maximum Gasteiger partial charge on any atom is 0.251 e. The van der Waals surface area contributed by atoms with E-state index in [1.807, 2.05) is 12.1 Å². The Balaban J connectivity index is 0.00000144. The monoisotopic (exact) mass is 288 g/mol. The highest BCUT2D eigenvalue weighted by Crippen LogP contribution is 2.21. The third-order valence-electron chi connectivity index (χ3n) is 1.99. The van der Waals surface area contributed by atoms with Gasteiger partial charge in [-0.15, -0.1) is 23.7 Å². The maximum atomic E-state index is 11.7. The summed E-state index contributed by atoms with van der Waals surface area (Å²) in [7, 11) is 0. The van der Waals surface area contributed by atoms with Gasteiger partial charge in [-0.1, -0.05) is 11.6 Å². The van der Waals surface area contributed by atoms with Gasteiger partial charge in [0.15, 0.2) is 0 Å². The zero-order valence-electron chi connectivity index (χ0n) is 8.72. The normalized spacial score (nSPS) is 9.47. The molecule has 0 radical (unpaired) electrons. The van der Waals surface area contributed by atoms with E-state index in [1.165, 1.54) is 11.3 Å². The second-order valence-electron chi connectivity index (χ2n) is 3.12. The minimum absolute atomic E-state index is 0. The average Bonchev–Trinajstić information content (AvgIpc) is 2.73. The van der Waals surface area contributed by atoms with Crippen molar-refractivity contribution in [3.05, 3.63) is 51.4 Å². The van der Waals surface area contributed by atoms with Gasteiger partial charge in [-0.3, -0.25) is 9.78 Å². The number of rotatable bonds is 3. The van der Waals surface area contributed by atoms with Gasteiger partial charge in [0.25, 0.3) is 5.91 Å². The zero-order valence-corrected chi connectivity index (χ0v) is 11.1. The van der Waals surface area contributed by atoms with E-state index in [2.05, 4.69) is 10.3 Å². The van der Waals surface area contributed by atoms with Crippen LogP contribution >= 0.6 is 35.3 Å². The van der Waals surface area contributed by atoms with E-state index in [4.69, 9.17) is 11.6 Å². The Labute approximate surface area is 114 Å². The number of hydrogen-bond donors (Lipinski definition) is 1. The molecule has 2 rings (SSSR count). The molecule has 0 spiro atoms. The smallest absolute Gasteiger partial charge is 0.251 e. The van der Waals surface area contributed by atoms with Crippen LogP contribution in [0.5, 0.6) is 0 Å². The molecule has 1 N–H and O–H groups in total. The quantitative estimate of drug-likeness (QED) is 0.943. The molecule has 0 fully saturated rings. The van der Waals surface area contributed by atoms with Crippen molar-refractivity contribution in [2.24, 2.45) is 0 Å². The molecule has 0 saturated heterocycles. The summed E-state index contributed by atoms with van der Waals surface area (Å²) >= 11 is 7.25. The molecule has 2 aromatic heterocycles. The van der Waals surface area contributed by atoms with Crippen LogP contribution in [0.2, 0.25) is 4.34 Å². The van der Waals surface area contributed by atoms with Crippen molar-refractivity contribution in [1.29, 1.82) is 0 Å². The fraction of sp³-hybridized carbons (Fsp3) is 0.0909. The standard InChI is InChI=1S/C11H9ClN2OS.ClH/c12-10-2-1-9(16-10)7-14-11(15)8-3-5-13-6-4-8;/h1-6H,7H2,(H,14,15);1H. The fourth-order valence-corrected chi connectivity index (χ4v) is 2.25.